The van der Waals surface area contributed by atoms with Crippen LogP contribution in [0.2, 0.25) is 0 Å². The highest BCUT2D eigenvalue weighted by Gasteiger charge is 2.49. The van der Waals surface area contributed by atoms with Gasteiger partial charge in [-0.25, -0.2) is 0 Å². The maximum atomic E-state index is 14.2. The lowest BCUT2D eigenvalue weighted by Gasteiger charge is -2.42. The van der Waals surface area contributed by atoms with Crippen molar-refractivity contribution in [3.8, 4) is 0 Å². The number of nitrogens with zero attached hydrogens (tertiary/aromatic N) is 6. The van der Waals surface area contributed by atoms with E-state index in [4.69, 9.17) is 4.74 Å². The molecule has 0 radical (unpaired) electrons. The first kappa shape index (κ1) is 26.6. The van der Waals surface area contributed by atoms with Crippen molar-refractivity contribution >= 4 is 5.69 Å². The summed E-state index contributed by atoms with van der Waals surface area (Å²) >= 11 is 0. The number of aliphatic hydroxyl groups is 1. The Labute approximate surface area is 233 Å². The van der Waals surface area contributed by atoms with Crippen molar-refractivity contribution in [1.82, 2.24) is 24.6 Å². The SMILES string of the molecule is OC1N2C=C(CN3CCC4(CC4)C3)C=C(C(F)(F)F)C2=CN1c1cccc(C2(Cc3nncn3C(F)F)COC2)c1. The highest BCUT2D eigenvalue weighted by atomic mass is 19.4. The van der Waals surface area contributed by atoms with Gasteiger partial charge >= 0.3 is 12.7 Å². The molecule has 1 aliphatic carbocycles. The van der Waals surface area contributed by atoms with Gasteiger partial charge < -0.3 is 19.6 Å². The molecule has 0 amide bonds. The fourth-order valence-corrected chi connectivity index (χ4v) is 6.45. The van der Waals surface area contributed by atoms with Crippen LogP contribution >= 0.6 is 0 Å². The van der Waals surface area contributed by atoms with Crippen molar-refractivity contribution in [2.45, 2.75) is 50.2 Å². The Bertz CT molecular complexity index is 1440. The molecular formula is C28H29F5N6O2. The Kier molecular flexibility index (Phi) is 6.07. The van der Waals surface area contributed by atoms with E-state index in [0.29, 0.717) is 27.8 Å². The van der Waals surface area contributed by atoms with Crippen LogP contribution in [-0.4, -0.2) is 75.0 Å². The number of alkyl halides is 5. The lowest BCUT2D eigenvalue weighted by molar-refractivity contribution is -0.0924. The van der Waals surface area contributed by atoms with Crippen LogP contribution in [0.4, 0.5) is 27.6 Å². The normalized spacial score (nSPS) is 24.9. The minimum atomic E-state index is -4.61. The molecule has 8 nitrogen and oxygen atoms in total. The summed E-state index contributed by atoms with van der Waals surface area (Å²) in [6.45, 7) is -0.139. The molecule has 2 saturated heterocycles. The molecule has 1 aromatic heterocycles. The summed E-state index contributed by atoms with van der Waals surface area (Å²) in [4.78, 5) is 4.85. The largest absolute Gasteiger partial charge is 0.418 e. The number of aromatic nitrogens is 3. The zero-order valence-electron chi connectivity index (χ0n) is 22.1. The summed E-state index contributed by atoms with van der Waals surface area (Å²) in [6.07, 6.45) is 2.64. The van der Waals surface area contributed by atoms with E-state index in [1.807, 2.05) is 6.07 Å². The topological polar surface area (TPSA) is 69.9 Å². The minimum Gasteiger partial charge on any atom is -0.379 e. The van der Waals surface area contributed by atoms with Crippen LogP contribution in [0, 0.1) is 5.41 Å². The van der Waals surface area contributed by atoms with Gasteiger partial charge in [-0.15, -0.1) is 10.2 Å². The van der Waals surface area contributed by atoms with Gasteiger partial charge in [0.1, 0.15) is 12.2 Å². The second-order valence-corrected chi connectivity index (χ2v) is 11.8. The van der Waals surface area contributed by atoms with Gasteiger partial charge in [0.05, 0.1) is 24.5 Å². The summed E-state index contributed by atoms with van der Waals surface area (Å²) in [5.74, 6) is 0.109. The van der Waals surface area contributed by atoms with Crippen LogP contribution in [-0.2, 0) is 16.6 Å². The number of fused-ring (bicyclic) bond motifs is 1. The van der Waals surface area contributed by atoms with E-state index in [2.05, 4.69) is 15.1 Å². The van der Waals surface area contributed by atoms with Gasteiger partial charge in [0.25, 0.3) is 0 Å². The zero-order chi connectivity index (χ0) is 28.6. The van der Waals surface area contributed by atoms with Crippen molar-refractivity contribution in [3.63, 3.8) is 0 Å². The highest BCUT2D eigenvalue weighted by molar-refractivity contribution is 5.59. The van der Waals surface area contributed by atoms with Gasteiger partial charge in [-0.05, 0) is 60.6 Å². The van der Waals surface area contributed by atoms with E-state index >= 15 is 0 Å². The van der Waals surface area contributed by atoms with Gasteiger partial charge in [-0.2, -0.15) is 22.0 Å². The number of hydrogen-bond acceptors (Lipinski definition) is 7. The number of hydrogen-bond donors (Lipinski definition) is 1. The molecule has 41 heavy (non-hydrogen) atoms. The molecule has 1 N–H and O–H groups in total. The summed E-state index contributed by atoms with van der Waals surface area (Å²) < 4.78 is 75.8. The van der Waals surface area contributed by atoms with Gasteiger partial charge in [-0.3, -0.25) is 9.47 Å². The Balaban J connectivity index is 1.17. The quantitative estimate of drug-likeness (QED) is 0.494. The molecular weight excluding hydrogens is 547 g/mol. The smallest absolute Gasteiger partial charge is 0.379 e. The molecule has 218 valence electrons. The first-order chi connectivity index (χ1) is 19.6. The van der Waals surface area contributed by atoms with E-state index in [1.165, 1.54) is 34.9 Å². The van der Waals surface area contributed by atoms with E-state index in [0.717, 1.165) is 31.4 Å². The number of anilines is 1. The van der Waals surface area contributed by atoms with E-state index in [9.17, 15) is 27.1 Å². The summed E-state index contributed by atoms with van der Waals surface area (Å²) in [7, 11) is 0. The van der Waals surface area contributed by atoms with Crippen molar-refractivity contribution in [2.24, 2.45) is 5.41 Å². The second-order valence-electron chi connectivity index (χ2n) is 11.8. The first-order valence-electron chi connectivity index (χ1n) is 13.6. The number of benzene rings is 1. The molecule has 1 unspecified atom stereocenters. The molecule has 1 aromatic carbocycles. The van der Waals surface area contributed by atoms with E-state index in [-0.39, 0.29) is 31.2 Å². The van der Waals surface area contributed by atoms with E-state index < -0.39 is 30.1 Å². The molecule has 1 saturated carbocycles. The average Bonchev–Trinajstić information content (AvgIpc) is 3.20. The van der Waals surface area contributed by atoms with Crippen LogP contribution in [0.25, 0.3) is 0 Å². The predicted molar refractivity (Wildman–Crippen MR) is 137 cm³/mol. The maximum Gasteiger partial charge on any atom is 0.418 e. The third-order valence-corrected chi connectivity index (χ3v) is 9.00. The Morgan fingerprint density at radius 3 is 2.56 bits per heavy atom. The molecule has 5 heterocycles. The summed E-state index contributed by atoms with van der Waals surface area (Å²) in [5.41, 5.74) is 0.449. The maximum absolute atomic E-state index is 14.2. The van der Waals surface area contributed by atoms with Gasteiger partial charge in [-0.1, -0.05) is 12.1 Å². The number of likely N-dealkylation sites (tertiary alicyclic amines) is 1. The van der Waals surface area contributed by atoms with Gasteiger partial charge in [0, 0.05) is 43.0 Å². The molecule has 2 aromatic rings. The minimum absolute atomic E-state index is 0.109. The van der Waals surface area contributed by atoms with Crippen molar-refractivity contribution < 1.29 is 31.8 Å². The molecule has 1 spiro atoms. The second kappa shape index (κ2) is 9.36. The molecule has 7 rings (SSSR count). The Morgan fingerprint density at radius 2 is 1.90 bits per heavy atom. The van der Waals surface area contributed by atoms with Crippen LogP contribution in [0.3, 0.4) is 0 Å². The van der Waals surface area contributed by atoms with Gasteiger partial charge in [0.2, 0.25) is 6.35 Å². The molecule has 5 aliphatic rings. The fraction of sp³-hybridized carbons (Fsp3) is 0.500. The number of allylic oxidation sites excluding steroid dienone is 1. The Hall–Kier alpha value is -3.29. The van der Waals surface area contributed by atoms with Gasteiger partial charge in [0.15, 0.2) is 0 Å². The lowest BCUT2D eigenvalue weighted by atomic mass is 9.75. The summed E-state index contributed by atoms with van der Waals surface area (Å²) in [5, 5.41) is 18.8. The Morgan fingerprint density at radius 1 is 1.10 bits per heavy atom. The van der Waals surface area contributed by atoms with Crippen LogP contribution in [0.5, 0.6) is 0 Å². The molecule has 0 bridgehead atoms. The standard InChI is InChI=1S/C28H29F5N6O2/c29-24(30)39-17-34-35-23(39)10-27(15-41-16-27)19-2-1-3-20(9-19)37-13-22-21(28(31,32)33)8-18(12-38(22)25(37)40)11-36-7-6-26(14-36)4-5-26/h1-3,8-9,12-13,17,24-25,40H,4-7,10-11,14-16H2. The molecule has 13 heteroatoms. The third kappa shape index (κ3) is 4.63. The lowest BCUT2D eigenvalue weighted by Crippen LogP contribution is -2.49. The average molecular weight is 577 g/mol. The van der Waals surface area contributed by atoms with Crippen LogP contribution in [0.1, 0.15) is 37.2 Å². The fourth-order valence-electron chi connectivity index (χ4n) is 6.45. The van der Waals surface area contributed by atoms with Crippen molar-refractivity contribution in [2.75, 3.05) is 37.7 Å². The molecule has 1 atom stereocenters. The van der Waals surface area contributed by atoms with E-state index in [1.54, 1.807) is 24.4 Å². The van der Waals surface area contributed by atoms with Crippen LogP contribution < -0.4 is 4.90 Å². The predicted octanol–water partition coefficient (Wildman–Crippen LogP) is 4.30. The number of ether oxygens (including phenoxy) is 1. The molecule has 3 fully saturated rings. The van der Waals surface area contributed by atoms with Crippen LogP contribution in [0.15, 0.2) is 65.9 Å². The third-order valence-electron chi connectivity index (χ3n) is 9.00. The number of aliphatic hydroxyl groups excluding tert-OH is 1. The number of halogens is 5. The first-order valence-corrected chi connectivity index (χ1v) is 13.6. The number of rotatable bonds is 7. The van der Waals surface area contributed by atoms with Crippen molar-refractivity contribution in [1.29, 1.82) is 0 Å². The highest BCUT2D eigenvalue weighted by Crippen LogP contribution is 2.53. The molecule has 4 aliphatic heterocycles. The zero-order valence-corrected chi connectivity index (χ0v) is 22.1. The summed E-state index contributed by atoms with van der Waals surface area (Å²) in [6, 6.07) is 7.00. The monoisotopic (exact) mass is 576 g/mol. The van der Waals surface area contributed by atoms with Crippen molar-refractivity contribution in [3.05, 3.63) is 77.3 Å².